The number of halogens is 2. The van der Waals surface area contributed by atoms with Gasteiger partial charge in [-0.3, -0.25) is 4.79 Å². The number of carboxylic acid groups (broad SMARTS) is 2. The molecule has 0 aliphatic carbocycles. The van der Waals surface area contributed by atoms with Crippen molar-refractivity contribution in [3.8, 4) is 0 Å². The van der Waals surface area contributed by atoms with Crippen molar-refractivity contribution in [2.75, 3.05) is 5.32 Å². The zero-order valence-corrected chi connectivity index (χ0v) is 22.0. The number of hydrogen-bond donors (Lipinski definition) is 2. The molecule has 1 atom stereocenters. The Hall–Kier alpha value is -0.770. The van der Waals surface area contributed by atoms with E-state index in [2.05, 4.69) is 10.6 Å². The van der Waals surface area contributed by atoms with Crippen LogP contribution in [0.15, 0.2) is 42.5 Å². The summed E-state index contributed by atoms with van der Waals surface area (Å²) in [4.78, 5) is 33.9. The van der Waals surface area contributed by atoms with Crippen LogP contribution in [0.5, 0.6) is 0 Å². The van der Waals surface area contributed by atoms with Gasteiger partial charge in [-0.25, -0.2) is 0 Å². The molecular weight excluding hydrogens is 453 g/mol. The van der Waals surface area contributed by atoms with Gasteiger partial charge in [0.05, 0.1) is 34.2 Å². The van der Waals surface area contributed by atoms with Crippen LogP contribution in [0.4, 0.5) is 11.4 Å². The number of carboxylic acids is 2. The molecule has 0 heterocycles. The van der Waals surface area contributed by atoms with Crippen molar-refractivity contribution in [3.63, 3.8) is 0 Å². The summed E-state index contributed by atoms with van der Waals surface area (Å²) in [5, 5.41) is 27.7. The third-order valence-electron chi connectivity index (χ3n) is 3.85. The molecule has 0 aliphatic heterocycles. The van der Waals surface area contributed by atoms with E-state index in [1.165, 1.54) is 0 Å². The van der Waals surface area contributed by atoms with E-state index in [4.69, 9.17) is 23.2 Å². The fourth-order valence-corrected chi connectivity index (χ4v) is 2.97. The van der Waals surface area contributed by atoms with Gasteiger partial charge in [-0.15, -0.1) is 0 Å². The number of benzene rings is 2. The third-order valence-corrected chi connectivity index (χ3v) is 4.48. The van der Waals surface area contributed by atoms with Crippen LogP contribution in [0.25, 0.3) is 0 Å². The van der Waals surface area contributed by atoms with Gasteiger partial charge < -0.3 is 30.4 Å². The smallest absolute Gasteiger partial charge is 0.550 e. The molecule has 2 aromatic carbocycles. The van der Waals surface area contributed by atoms with Crippen LogP contribution in [-0.4, -0.2) is 23.9 Å². The molecule has 2 N–H and O–H groups in total. The number of hydrogen-bond acceptors (Lipinski definition) is 6. The second kappa shape index (κ2) is 14.3. The Morgan fingerprint density at radius 2 is 1.53 bits per heavy atom. The first-order valence-electron chi connectivity index (χ1n) is 8.27. The van der Waals surface area contributed by atoms with Crippen LogP contribution in [0, 0.1) is 0 Å². The summed E-state index contributed by atoms with van der Waals surface area (Å²) >= 11 is 12.3. The molecule has 7 nitrogen and oxygen atoms in total. The number of para-hydroxylation sites is 2. The standard InChI is InChI=1S/C19H18Cl2N2O5.2Na/c20-12-5-3-6-13(21)18(12)23-14-7-2-1-4-11(14)10-16(24)22-15(19(27)28)8-9-17(25)26;;/h1-7,15,23H,8-10H2,(H,22,24)(H,25,26)(H,27,28);;/q;2*+1/p-2/t15-;;/m1../s1. The quantitative estimate of drug-likeness (QED) is 0.355. The minimum atomic E-state index is -1.57. The summed E-state index contributed by atoms with van der Waals surface area (Å²) in [5.41, 5.74) is 1.60. The van der Waals surface area contributed by atoms with Crippen molar-refractivity contribution < 1.29 is 83.7 Å². The Kier molecular flexibility index (Phi) is 14.0. The van der Waals surface area contributed by atoms with Crippen LogP contribution in [0.1, 0.15) is 18.4 Å². The maximum absolute atomic E-state index is 12.3. The second-order valence-corrected chi connectivity index (χ2v) is 6.72. The molecule has 0 aliphatic rings. The van der Waals surface area contributed by atoms with E-state index in [0.717, 1.165) is 0 Å². The number of carbonyl (C=O) groups excluding carboxylic acids is 3. The Morgan fingerprint density at radius 1 is 0.933 bits per heavy atom. The Bertz CT molecular complexity index is 879. The number of anilines is 2. The van der Waals surface area contributed by atoms with Crippen LogP contribution in [0.2, 0.25) is 10.0 Å². The van der Waals surface area contributed by atoms with Crippen molar-refractivity contribution in [1.29, 1.82) is 0 Å². The van der Waals surface area contributed by atoms with Gasteiger partial charge in [0.2, 0.25) is 5.91 Å². The SMILES string of the molecule is O=C([O-])CC[C@@H](NC(=O)Cc1ccccc1Nc1c(Cl)cccc1Cl)C(=O)[O-].[Na+].[Na+]. The molecule has 30 heavy (non-hydrogen) atoms. The molecule has 0 saturated heterocycles. The molecule has 0 bridgehead atoms. The van der Waals surface area contributed by atoms with E-state index in [0.29, 0.717) is 27.0 Å². The van der Waals surface area contributed by atoms with E-state index >= 15 is 0 Å². The van der Waals surface area contributed by atoms with Crippen LogP contribution >= 0.6 is 23.2 Å². The van der Waals surface area contributed by atoms with Crippen LogP contribution < -0.4 is 80.0 Å². The van der Waals surface area contributed by atoms with Gasteiger partial charge in [0.25, 0.3) is 0 Å². The van der Waals surface area contributed by atoms with Crippen molar-refractivity contribution in [2.45, 2.75) is 25.3 Å². The van der Waals surface area contributed by atoms with Gasteiger partial charge in [-0.05, 0) is 36.6 Å². The molecule has 0 saturated carbocycles. The van der Waals surface area contributed by atoms with Gasteiger partial charge in [0, 0.05) is 11.7 Å². The van der Waals surface area contributed by atoms with Crippen LogP contribution in [-0.2, 0) is 20.8 Å². The van der Waals surface area contributed by atoms with Gasteiger partial charge in [0.1, 0.15) is 0 Å². The van der Waals surface area contributed by atoms with E-state index in [1.807, 2.05) is 0 Å². The normalized spacial score (nSPS) is 10.7. The molecule has 148 valence electrons. The first-order chi connectivity index (χ1) is 13.3. The molecule has 1 amide bonds. The van der Waals surface area contributed by atoms with Gasteiger partial charge in [0.15, 0.2) is 0 Å². The average Bonchev–Trinajstić information content (AvgIpc) is 2.62. The Balaban J connectivity index is 0.00000420. The number of nitrogens with one attached hydrogen (secondary N) is 2. The summed E-state index contributed by atoms with van der Waals surface area (Å²) in [6.07, 6.45) is -0.992. The van der Waals surface area contributed by atoms with E-state index in [1.54, 1.807) is 42.5 Å². The largest absolute Gasteiger partial charge is 1.00 e. The molecule has 0 spiro atoms. The zero-order chi connectivity index (χ0) is 20.7. The summed E-state index contributed by atoms with van der Waals surface area (Å²) in [6.45, 7) is 0. The monoisotopic (exact) mass is 468 g/mol. The first-order valence-corrected chi connectivity index (χ1v) is 9.02. The maximum atomic E-state index is 12.3. The minimum Gasteiger partial charge on any atom is -0.550 e. The van der Waals surface area contributed by atoms with Crippen molar-refractivity contribution >= 4 is 52.4 Å². The number of carbonyl (C=O) groups is 3. The Morgan fingerprint density at radius 3 is 2.10 bits per heavy atom. The summed E-state index contributed by atoms with van der Waals surface area (Å²) < 4.78 is 0. The van der Waals surface area contributed by atoms with Gasteiger partial charge >= 0.3 is 59.1 Å². The van der Waals surface area contributed by atoms with Gasteiger partial charge in [-0.2, -0.15) is 0 Å². The fourth-order valence-electron chi connectivity index (χ4n) is 2.48. The van der Waals surface area contributed by atoms with E-state index < -0.39 is 30.3 Å². The second-order valence-electron chi connectivity index (χ2n) is 5.91. The Labute approximate surface area is 228 Å². The number of amides is 1. The van der Waals surface area contributed by atoms with Crippen LogP contribution in [0.3, 0.4) is 0 Å². The topological polar surface area (TPSA) is 121 Å². The molecule has 0 aromatic heterocycles. The molecule has 2 aromatic rings. The van der Waals surface area contributed by atoms with Crippen molar-refractivity contribution in [1.82, 2.24) is 5.32 Å². The van der Waals surface area contributed by atoms with Gasteiger partial charge in [-0.1, -0.05) is 47.5 Å². The minimum absolute atomic E-state index is 0. The molecule has 0 unspecified atom stereocenters. The molecular formula is C19H16Cl2N2Na2O5. The zero-order valence-electron chi connectivity index (χ0n) is 16.5. The summed E-state index contributed by atoms with van der Waals surface area (Å²) in [6, 6.07) is 10.5. The third kappa shape index (κ3) is 9.16. The molecule has 0 radical (unpaired) electrons. The maximum Gasteiger partial charge on any atom is 1.00 e. The fraction of sp³-hybridized carbons (Fsp3) is 0.211. The average molecular weight is 469 g/mol. The first kappa shape index (κ1) is 29.2. The number of rotatable bonds is 9. The predicted molar refractivity (Wildman–Crippen MR) is 101 cm³/mol. The van der Waals surface area contributed by atoms with Crippen molar-refractivity contribution in [2.24, 2.45) is 0 Å². The molecule has 11 heteroatoms. The summed E-state index contributed by atoms with van der Waals surface area (Å²) in [7, 11) is 0. The molecule has 0 fully saturated rings. The van der Waals surface area contributed by atoms with Crippen molar-refractivity contribution in [3.05, 3.63) is 58.1 Å². The molecule has 2 rings (SSSR count). The predicted octanol–water partition coefficient (Wildman–Crippen LogP) is -4.95. The van der Waals surface area contributed by atoms with E-state index in [9.17, 15) is 24.6 Å². The van der Waals surface area contributed by atoms with E-state index in [-0.39, 0.29) is 72.0 Å². The summed E-state index contributed by atoms with van der Waals surface area (Å²) in [5.74, 6) is -3.58. The number of aliphatic carboxylic acids is 2.